The Morgan fingerprint density at radius 3 is 2.45 bits per heavy atom. The van der Waals surface area contributed by atoms with Crippen molar-refractivity contribution in [3.05, 3.63) is 65.3 Å². The van der Waals surface area contributed by atoms with E-state index in [0.29, 0.717) is 18.8 Å². The van der Waals surface area contributed by atoms with Gasteiger partial charge in [0.2, 0.25) is 5.78 Å². The molecule has 0 spiro atoms. The van der Waals surface area contributed by atoms with Crippen molar-refractivity contribution in [2.45, 2.75) is 19.9 Å². The number of nitrogens with zero attached hydrogens (tertiary/aromatic N) is 2. The Kier molecular flexibility index (Phi) is 6.39. The van der Waals surface area contributed by atoms with Crippen molar-refractivity contribution in [2.75, 3.05) is 33.3 Å². The van der Waals surface area contributed by atoms with Crippen LogP contribution >= 0.6 is 0 Å². The third kappa shape index (κ3) is 4.05. The van der Waals surface area contributed by atoms with Crippen LogP contribution in [-0.4, -0.2) is 59.9 Å². The summed E-state index contributed by atoms with van der Waals surface area (Å²) < 4.78 is 10.4. The highest BCUT2D eigenvalue weighted by Gasteiger charge is 2.44. The highest BCUT2D eigenvalue weighted by Crippen LogP contribution is 2.39. The molecule has 1 amide bonds. The molecule has 1 aromatic carbocycles. The van der Waals surface area contributed by atoms with E-state index in [4.69, 9.17) is 9.15 Å². The summed E-state index contributed by atoms with van der Waals surface area (Å²) in [4.78, 5) is 29.6. The first-order chi connectivity index (χ1) is 14.0. The van der Waals surface area contributed by atoms with E-state index in [2.05, 4.69) is 18.7 Å². The lowest BCUT2D eigenvalue weighted by Crippen LogP contribution is -2.38. The summed E-state index contributed by atoms with van der Waals surface area (Å²) in [6.07, 6.45) is 1.39. The number of rotatable bonds is 9. The SMILES string of the molecule is CCN(CC)CCN1C(=O)C(O)=C(C(=O)c2ccco2)[C@H]1c1ccc(OC)cc1. The van der Waals surface area contributed by atoms with E-state index in [1.807, 2.05) is 0 Å². The molecule has 2 aromatic rings. The first-order valence-electron chi connectivity index (χ1n) is 9.70. The molecule has 154 valence electrons. The molecule has 0 saturated carbocycles. The smallest absolute Gasteiger partial charge is 0.290 e. The molecule has 0 radical (unpaired) electrons. The minimum atomic E-state index is -0.693. The Morgan fingerprint density at radius 2 is 1.90 bits per heavy atom. The first-order valence-corrected chi connectivity index (χ1v) is 9.70. The zero-order valence-electron chi connectivity index (χ0n) is 16.9. The number of likely N-dealkylation sites (N-methyl/N-ethyl adjacent to an activating group) is 1. The molecule has 2 heterocycles. The number of hydrogen-bond acceptors (Lipinski definition) is 6. The topological polar surface area (TPSA) is 83.2 Å². The quantitative estimate of drug-likeness (QED) is 0.653. The number of hydrogen-bond donors (Lipinski definition) is 1. The van der Waals surface area contributed by atoms with Crippen molar-refractivity contribution in [2.24, 2.45) is 0 Å². The number of methoxy groups -OCH3 is 1. The van der Waals surface area contributed by atoms with Gasteiger partial charge in [0, 0.05) is 13.1 Å². The van der Waals surface area contributed by atoms with Crippen LogP contribution < -0.4 is 4.74 Å². The van der Waals surface area contributed by atoms with Crippen molar-refractivity contribution < 1.29 is 23.8 Å². The molecular weight excluding hydrogens is 372 g/mol. The number of carbonyl (C=O) groups excluding carboxylic acids is 2. The van der Waals surface area contributed by atoms with Crippen molar-refractivity contribution in [1.82, 2.24) is 9.80 Å². The summed E-state index contributed by atoms with van der Waals surface area (Å²) in [5.41, 5.74) is 0.757. The predicted molar refractivity (Wildman–Crippen MR) is 108 cm³/mol. The van der Waals surface area contributed by atoms with Crippen molar-refractivity contribution in [3.63, 3.8) is 0 Å². The molecule has 0 fully saturated rings. The van der Waals surface area contributed by atoms with Gasteiger partial charge in [0.25, 0.3) is 5.91 Å². The van der Waals surface area contributed by atoms with Gasteiger partial charge in [-0.05, 0) is 42.9 Å². The molecule has 1 aliphatic heterocycles. The second kappa shape index (κ2) is 8.96. The lowest BCUT2D eigenvalue weighted by molar-refractivity contribution is -0.129. The van der Waals surface area contributed by atoms with E-state index in [0.717, 1.165) is 18.7 Å². The fourth-order valence-corrected chi connectivity index (χ4v) is 3.58. The number of Topliss-reactive ketones (excluding diaryl/α,β-unsaturated/α-hetero) is 1. The summed E-state index contributed by atoms with van der Waals surface area (Å²) >= 11 is 0. The maximum atomic E-state index is 13.0. The molecule has 0 saturated heterocycles. The number of aliphatic hydroxyl groups is 1. The average Bonchev–Trinajstić information content (AvgIpc) is 3.37. The van der Waals surface area contributed by atoms with Gasteiger partial charge in [-0.3, -0.25) is 9.59 Å². The van der Waals surface area contributed by atoms with Crippen molar-refractivity contribution in [1.29, 1.82) is 0 Å². The maximum Gasteiger partial charge on any atom is 0.290 e. The van der Waals surface area contributed by atoms with Crippen molar-refractivity contribution in [3.8, 4) is 5.75 Å². The van der Waals surface area contributed by atoms with Crippen LogP contribution in [0.3, 0.4) is 0 Å². The van der Waals surface area contributed by atoms with Gasteiger partial charge >= 0.3 is 0 Å². The fourth-order valence-electron chi connectivity index (χ4n) is 3.58. The normalized spacial score (nSPS) is 16.8. The van der Waals surface area contributed by atoms with Crippen LogP contribution in [-0.2, 0) is 4.79 Å². The predicted octanol–water partition coefficient (Wildman–Crippen LogP) is 3.21. The highest BCUT2D eigenvalue weighted by molar-refractivity contribution is 6.15. The van der Waals surface area contributed by atoms with Crippen molar-refractivity contribution >= 4 is 11.7 Å². The Labute approximate surface area is 170 Å². The Balaban J connectivity index is 1.99. The molecule has 0 aliphatic carbocycles. The fraction of sp³-hybridized carbons (Fsp3) is 0.364. The van der Waals surface area contributed by atoms with Crippen LogP contribution in [0.1, 0.15) is 36.0 Å². The minimum Gasteiger partial charge on any atom is -0.503 e. The van der Waals surface area contributed by atoms with E-state index in [1.165, 1.54) is 12.3 Å². The number of carbonyl (C=O) groups is 2. The molecular formula is C22H26N2O5. The highest BCUT2D eigenvalue weighted by atomic mass is 16.5. The minimum absolute atomic E-state index is 0.0367. The van der Waals surface area contributed by atoms with E-state index in [1.54, 1.807) is 42.3 Å². The third-order valence-electron chi connectivity index (χ3n) is 5.28. The molecule has 7 nitrogen and oxygen atoms in total. The summed E-state index contributed by atoms with van der Waals surface area (Å²) in [6.45, 7) is 6.83. The van der Waals surface area contributed by atoms with Crippen LogP contribution in [0.4, 0.5) is 0 Å². The van der Waals surface area contributed by atoms with Gasteiger partial charge in [0.1, 0.15) is 5.75 Å². The lowest BCUT2D eigenvalue weighted by Gasteiger charge is -2.29. The molecule has 7 heteroatoms. The summed E-state index contributed by atoms with van der Waals surface area (Å²) in [6, 6.07) is 9.57. The number of ketones is 1. The van der Waals surface area contributed by atoms with Gasteiger partial charge in [-0.25, -0.2) is 0 Å². The number of furan rings is 1. The Morgan fingerprint density at radius 1 is 1.21 bits per heavy atom. The van der Waals surface area contributed by atoms with Gasteiger partial charge in [0.15, 0.2) is 11.5 Å². The summed E-state index contributed by atoms with van der Waals surface area (Å²) in [5.74, 6) is -0.810. The van der Waals surface area contributed by atoms with Gasteiger partial charge < -0.3 is 24.1 Å². The largest absolute Gasteiger partial charge is 0.503 e. The zero-order chi connectivity index (χ0) is 21.0. The van der Waals surface area contributed by atoms with Crippen LogP contribution in [0.15, 0.2) is 58.4 Å². The molecule has 0 bridgehead atoms. The van der Waals surface area contributed by atoms with Crippen LogP contribution in [0.25, 0.3) is 0 Å². The van der Waals surface area contributed by atoms with E-state index in [9.17, 15) is 14.7 Å². The molecule has 1 aliphatic rings. The molecule has 0 unspecified atom stereocenters. The van der Waals surface area contributed by atoms with Gasteiger partial charge in [-0.2, -0.15) is 0 Å². The second-order valence-electron chi connectivity index (χ2n) is 6.77. The average molecular weight is 398 g/mol. The Bertz CT molecular complexity index is 882. The summed E-state index contributed by atoms with van der Waals surface area (Å²) in [7, 11) is 1.57. The van der Waals surface area contributed by atoms with Gasteiger partial charge in [-0.15, -0.1) is 0 Å². The lowest BCUT2D eigenvalue weighted by atomic mass is 9.95. The van der Waals surface area contributed by atoms with E-state index < -0.39 is 23.5 Å². The molecule has 3 rings (SSSR count). The number of benzene rings is 1. The van der Waals surface area contributed by atoms with Crippen LogP contribution in [0, 0.1) is 0 Å². The van der Waals surface area contributed by atoms with Crippen LogP contribution in [0.2, 0.25) is 0 Å². The molecule has 1 atom stereocenters. The number of aliphatic hydroxyl groups excluding tert-OH is 1. The molecule has 1 N–H and O–H groups in total. The molecule has 1 aromatic heterocycles. The first kappa shape index (κ1) is 20.7. The van der Waals surface area contributed by atoms with E-state index in [-0.39, 0.29) is 11.3 Å². The Hall–Kier alpha value is -3.06. The van der Waals surface area contributed by atoms with Gasteiger partial charge in [-0.1, -0.05) is 26.0 Å². The number of ether oxygens (including phenoxy) is 1. The van der Waals surface area contributed by atoms with E-state index >= 15 is 0 Å². The summed E-state index contributed by atoms with van der Waals surface area (Å²) in [5, 5.41) is 10.6. The zero-order valence-corrected chi connectivity index (χ0v) is 16.9. The molecule has 29 heavy (non-hydrogen) atoms. The second-order valence-corrected chi connectivity index (χ2v) is 6.77. The standard InChI is InChI=1S/C22H26N2O5/c1-4-23(5-2)12-13-24-19(15-8-10-16(28-3)11-9-15)18(21(26)22(24)27)20(25)17-7-6-14-29-17/h6-11,14,19,26H,4-5,12-13H2,1-3H3/t19-/m1/s1. The number of amides is 1. The van der Waals surface area contributed by atoms with Gasteiger partial charge in [0.05, 0.1) is 25.0 Å². The third-order valence-corrected chi connectivity index (χ3v) is 5.28. The maximum absolute atomic E-state index is 13.0. The van der Waals surface area contributed by atoms with Crippen LogP contribution in [0.5, 0.6) is 5.75 Å². The monoisotopic (exact) mass is 398 g/mol.